The third kappa shape index (κ3) is 2.04. The third-order valence-corrected chi connectivity index (χ3v) is 2.44. The summed E-state index contributed by atoms with van der Waals surface area (Å²) in [7, 11) is -0.753. The highest BCUT2D eigenvalue weighted by molar-refractivity contribution is 8.22. The van der Waals surface area contributed by atoms with Crippen molar-refractivity contribution in [2.24, 2.45) is 12.2 Å². The minimum Gasteiger partial charge on any atom is -0.464 e. The van der Waals surface area contributed by atoms with Gasteiger partial charge in [0.2, 0.25) is 0 Å². The molecule has 0 amide bonds. The van der Waals surface area contributed by atoms with E-state index in [2.05, 4.69) is 9.84 Å². The normalized spacial score (nSPS) is 12.6. The zero-order valence-electron chi connectivity index (χ0n) is 7.67. The number of methoxy groups -OCH3 is 1. The monoisotopic (exact) mass is 221 g/mol. The van der Waals surface area contributed by atoms with Crippen LogP contribution in [-0.4, -0.2) is 32.0 Å². The fourth-order valence-corrected chi connectivity index (χ4v) is 1.64. The van der Waals surface area contributed by atoms with E-state index in [1.165, 1.54) is 25.0 Å². The summed E-state index contributed by atoms with van der Waals surface area (Å²) in [4.78, 5) is 11.0. The molecule has 0 saturated heterocycles. The summed E-state index contributed by atoms with van der Waals surface area (Å²) >= 11 is 0. The van der Waals surface area contributed by atoms with Crippen LogP contribution in [0.25, 0.3) is 0 Å². The molecule has 0 atom stereocenters. The molecular weight excluding hydrogens is 210 g/mol. The van der Waals surface area contributed by atoms with E-state index in [0.717, 1.165) is 0 Å². The average Bonchev–Trinajstić information content (AvgIpc) is 2.45. The van der Waals surface area contributed by atoms with Gasteiger partial charge in [-0.25, -0.2) is 9.93 Å². The zero-order valence-corrected chi connectivity index (χ0v) is 8.48. The molecule has 0 aliphatic heterocycles. The van der Waals surface area contributed by atoms with E-state index in [4.69, 9.17) is 5.14 Å². The molecule has 0 aliphatic rings. The van der Waals surface area contributed by atoms with Crippen LogP contribution < -0.4 is 5.14 Å². The van der Waals surface area contributed by atoms with Crippen molar-refractivity contribution in [2.75, 3.05) is 7.11 Å². The van der Waals surface area contributed by atoms with Crippen molar-refractivity contribution in [1.82, 2.24) is 9.78 Å². The molecule has 7 nitrogen and oxygen atoms in total. The first-order valence-electron chi connectivity index (χ1n) is 3.54. The van der Waals surface area contributed by atoms with E-state index in [1.54, 1.807) is 0 Å². The number of carbonyl (C=O) groups is 1. The lowest BCUT2D eigenvalue weighted by Gasteiger charge is -2.24. The molecular formula is C6H11N3O4S. The van der Waals surface area contributed by atoms with Crippen LogP contribution in [0.4, 0.5) is 0 Å². The van der Waals surface area contributed by atoms with Crippen molar-refractivity contribution in [3.63, 3.8) is 0 Å². The van der Waals surface area contributed by atoms with E-state index in [1.807, 2.05) is 0 Å². The third-order valence-electron chi connectivity index (χ3n) is 1.50. The summed E-state index contributed by atoms with van der Waals surface area (Å²) in [5.41, 5.74) is -0.183. The summed E-state index contributed by atoms with van der Waals surface area (Å²) in [6.07, 6.45) is 1.27. The number of aromatic nitrogens is 2. The van der Waals surface area contributed by atoms with Gasteiger partial charge in [-0.05, 0) is 0 Å². The second-order valence-electron chi connectivity index (χ2n) is 2.60. The molecule has 0 saturated carbocycles. The van der Waals surface area contributed by atoms with Crippen LogP contribution in [0.2, 0.25) is 0 Å². The topological polar surface area (TPSA) is 111 Å². The predicted molar refractivity (Wildman–Crippen MR) is 49.8 cm³/mol. The quantitative estimate of drug-likeness (QED) is 0.615. The predicted octanol–water partition coefficient (Wildman–Crippen LogP) is 0.190. The summed E-state index contributed by atoms with van der Waals surface area (Å²) in [6, 6.07) is 0. The van der Waals surface area contributed by atoms with Gasteiger partial charge in [0.15, 0.2) is 5.69 Å². The number of nitrogens with zero attached hydrogens (tertiary/aromatic N) is 2. The van der Waals surface area contributed by atoms with Gasteiger partial charge in [-0.2, -0.15) is 5.10 Å². The smallest absolute Gasteiger partial charge is 0.360 e. The average molecular weight is 221 g/mol. The first kappa shape index (κ1) is 11.0. The number of rotatable bonds is 2. The number of nitrogens with two attached hydrogens (primary N) is 1. The molecule has 1 aromatic heterocycles. The first-order chi connectivity index (χ1) is 6.36. The Labute approximate surface area is 81.9 Å². The van der Waals surface area contributed by atoms with E-state index in [-0.39, 0.29) is 10.6 Å². The van der Waals surface area contributed by atoms with Gasteiger partial charge in [-0.15, -0.1) is 10.8 Å². The lowest BCUT2D eigenvalue weighted by Crippen LogP contribution is -2.13. The standard InChI is InChI=1S/C6H11N3O4S/c1-9-3-4(14(7,11)12)5(8-9)6(10)13-2/h3,11-12H,7H2,1-2H3. The Bertz CT molecular complexity index is 356. The maximum atomic E-state index is 11.1. The zero-order chi connectivity index (χ0) is 10.9. The van der Waals surface area contributed by atoms with E-state index >= 15 is 0 Å². The number of hydrogen-bond acceptors (Lipinski definition) is 6. The number of carbonyl (C=O) groups excluding carboxylic acids is 1. The molecule has 0 aromatic carbocycles. The molecule has 1 rings (SSSR count). The summed E-state index contributed by atoms with van der Waals surface area (Å²) in [5, 5.41) is 8.81. The van der Waals surface area contributed by atoms with Gasteiger partial charge in [-0.3, -0.25) is 13.8 Å². The fraction of sp³-hybridized carbons (Fsp3) is 0.333. The molecule has 0 radical (unpaired) electrons. The van der Waals surface area contributed by atoms with E-state index in [9.17, 15) is 13.9 Å². The Morgan fingerprint density at radius 1 is 1.71 bits per heavy atom. The summed E-state index contributed by atoms with van der Waals surface area (Å²) in [5.74, 6) is -0.758. The lowest BCUT2D eigenvalue weighted by atomic mass is 10.4. The highest BCUT2D eigenvalue weighted by Gasteiger charge is 2.24. The number of hydrogen-bond donors (Lipinski definition) is 3. The summed E-state index contributed by atoms with van der Waals surface area (Å²) < 4.78 is 24.0. The number of esters is 1. The van der Waals surface area contributed by atoms with Crippen molar-refractivity contribution in [3.8, 4) is 0 Å². The Morgan fingerprint density at radius 2 is 2.29 bits per heavy atom. The van der Waals surface area contributed by atoms with Crippen LogP contribution in [0, 0.1) is 0 Å². The Balaban J connectivity index is 3.23. The number of ether oxygens (including phenoxy) is 1. The largest absolute Gasteiger partial charge is 0.464 e. The molecule has 8 heteroatoms. The van der Waals surface area contributed by atoms with Crippen LogP contribution in [0.1, 0.15) is 10.5 Å². The van der Waals surface area contributed by atoms with Crippen molar-refractivity contribution in [3.05, 3.63) is 11.9 Å². The minimum atomic E-state index is -3.45. The molecule has 0 fully saturated rings. The minimum absolute atomic E-state index is 0.119. The van der Waals surface area contributed by atoms with Gasteiger partial charge >= 0.3 is 5.97 Å². The van der Waals surface area contributed by atoms with Crippen molar-refractivity contribution in [2.45, 2.75) is 4.90 Å². The maximum absolute atomic E-state index is 11.1. The molecule has 1 aromatic rings. The molecule has 0 unspecified atom stereocenters. The van der Waals surface area contributed by atoms with E-state index in [0.29, 0.717) is 0 Å². The van der Waals surface area contributed by atoms with E-state index < -0.39 is 16.7 Å². The van der Waals surface area contributed by atoms with Gasteiger partial charge in [0.05, 0.1) is 13.3 Å². The summed E-state index contributed by atoms with van der Waals surface area (Å²) in [6.45, 7) is 0. The highest BCUT2D eigenvalue weighted by atomic mass is 32.3. The fourth-order valence-electron chi connectivity index (χ4n) is 0.925. The Morgan fingerprint density at radius 3 is 2.71 bits per heavy atom. The van der Waals surface area contributed by atoms with Gasteiger partial charge in [0.25, 0.3) is 0 Å². The van der Waals surface area contributed by atoms with Crippen LogP contribution in [-0.2, 0) is 11.8 Å². The van der Waals surface area contributed by atoms with Gasteiger partial charge < -0.3 is 4.74 Å². The molecule has 80 valence electrons. The van der Waals surface area contributed by atoms with Gasteiger partial charge in [-0.1, -0.05) is 0 Å². The second-order valence-corrected chi connectivity index (χ2v) is 4.23. The van der Waals surface area contributed by atoms with Crippen molar-refractivity contribution >= 4 is 16.7 Å². The van der Waals surface area contributed by atoms with Gasteiger partial charge in [0, 0.05) is 7.05 Å². The number of aryl methyl sites for hydroxylation is 1. The highest BCUT2D eigenvalue weighted by Crippen LogP contribution is 2.41. The van der Waals surface area contributed by atoms with Gasteiger partial charge in [0.1, 0.15) is 4.90 Å². The SMILES string of the molecule is COC(=O)c1nn(C)cc1S(N)(O)O. The lowest BCUT2D eigenvalue weighted by molar-refractivity contribution is 0.0588. The van der Waals surface area contributed by atoms with Crippen LogP contribution in [0.5, 0.6) is 0 Å². The molecule has 0 bridgehead atoms. The van der Waals surface area contributed by atoms with Crippen LogP contribution >= 0.6 is 10.8 Å². The molecule has 4 N–H and O–H groups in total. The Hall–Kier alpha value is -1.09. The molecule has 0 aliphatic carbocycles. The molecule has 0 spiro atoms. The van der Waals surface area contributed by atoms with Crippen molar-refractivity contribution < 1.29 is 18.6 Å². The molecule has 14 heavy (non-hydrogen) atoms. The van der Waals surface area contributed by atoms with Crippen LogP contribution in [0.15, 0.2) is 11.1 Å². The Kier molecular flexibility index (Phi) is 2.81. The second kappa shape index (κ2) is 3.58. The maximum Gasteiger partial charge on any atom is 0.360 e. The van der Waals surface area contributed by atoms with Crippen LogP contribution in [0.3, 0.4) is 0 Å². The van der Waals surface area contributed by atoms with Crippen molar-refractivity contribution in [1.29, 1.82) is 0 Å². The first-order valence-corrected chi connectivity index (χ1v) is 5.15. The molecule has 1 heterocycles.